The quantitative estimate of drug-likeness (QED) is 0.710. The van der Waals surface area contributed by atoms with E-state index in [1.807, 2.05) is 48.8 Å². The smallest absolute Gasteiger partial charge is 0.257 e. The largest absolute Gasteiger partial charge is 0.419 e. The summed E-state index contributed by atoms with van der Waals surface area (Å²) in [6.07, 6.45) is 0. The predicted molar refractivity (Wildman–Crippen MR) is 84.2 cm³/mol. The van der Waals surface area contributed by atoms with E-state index in [0.29, 0.717) is 18.3 Å². The van der Waals surface area contributed by atoms with Gasteiger partial charge in [0.2, 0.25) is 5.89 Å². The molecule has 6 heteroatoms. The Morgan fingerprint density at radius 2 is 1.95 bits per heavy atom. The normalized spacial score (nSPS) is 11.2. The third kappa shape index (κ3) is 3.69. The van der Waals surface area contributed by atoms with E-state index in [2.05, 4.69) is 15.1 Å². The van der Waals surface area contributed by atoms with Crippen LogP contribution in [0.15, 0.2) is 46.2 Å². The fraction of sp³-hybridized carbons (Fsp3) is 0.200. The lowest BCUT2D eigenvalue weighted by molar-refractivity contribution is 0.283. The molecular weight excluding hydrogens is 306 g/mol. The summed E-state index contributed by atoms with van der Waals surface area (Å²) in [5.74, 6) is 1.20. The van der Waals surface area contributed by atoms with Gasteiger partial charge in [0.05, 0.1) is 11.4 Å². The molecule has 3 aromatic rings. The third-order valence-electron chi connectivity index (χ3n) is 2.97. The molecule has 0 saturated heterocycles. The maximum absolute atomic E-state index is 5.88. The Bertz CT molecular complexity index is 694. The molecule has 0 aliphatic rings. The van der Waals surface area contributed by atoms with E-state index in [1.54, 1.807) is 11.3 Å². The standard InChI is InChI=1S/C15H14ClN3OS/c1-19(9-11-4-6-12(16)7-5-11)10-14-17-18-15(20-14)13-3-2-8-21-13/h2-8H,9-10H2,1H3. The van der Waals surface area contributed by atoms with Gasteiger partial charge in [0.1, 0.15) is 0 Å². The molecule has 4 nitrogen and oxygen atoms in total. The first-order valence-corrected chi connectivity index (χ1v) is 7.76. The minimum atomic E-state index is 0.583. The molecule has 21 heavy (non-hydrogen) atoms. The number of benzene rings is 1. The maximum Gasteiger partial charge on any atom is 0.257 e. The van der Waals surface area contributed by atoms with Gasteiger partial charge in [0, 0.05) is 11.6 Å². The summed E-state index contributed by atoms with van der Waals surface area (Å²) in [7, 11) is 2.02. The average Bonchev–Trinajstić information content (AvgIpc) is 3.12. The molecule has 0 radical (unpaired) electrons. The second-order valence-electron chi connectivity index (χ2n) is 4.78. The summed E-state index contributed by atoms with van der Waals surface area (Å²) in [5.41, 5.74) is 1.19. The summed E-state index contributed by atoms with van der Waals surface area (Å²) >= 11 is 7.47. The number of aromatic nitrogens is 2. The molecule has 0 aliphatic heterocycles. The van der Waals surface area contributed by atoms with Crippen molar-refractivity contribution in [2.75, 3.05) is 7.05 Å². The summed E-state index contributed by atoms with van der Waals surface area (Å²) in [5, 5.41) is 10.9. The van der Waals surface area contributed by atoms with Gasteiger partial charge >= 0.3 is 0 Å². The van der Waals surface area contributed by atoms with Crippen molar-refractivity contribution in [1.82, 2.24) is 15.1 Å². The van der Waals surface area contributed by atoms with Crippen LogP contribution in [-0.2, 0) is 13.1 Å². The first-order chi connectivity index (χ1) is 10.2. The van der Waals surface area contributed by atoms with Gasteiger partial charge in [-0.3, -0.25) is 4.90 Å². The molecule has 2 heterocycles. The van der Waals surface area contributed by atoms with Crippen LogP contribution in [0, 0.1) is 0 Å². The van der Waals surface area contributed by atoms with Crippen molar-refractivity contribution in [3.05, 3.63) is 58.3 Å². The minimum absolute atomic E-state index is 0.583. The van der Waals surface area contributed by atoms with E-state index in [1.165, 1.54) is 5.56 Å². The lowest BCUT2D eigenvalue weighted by Gasteiger charge is -2.14. The van der Waals surface area contributed by atoms with Crippen molar-refractivity contribution in [1.29, 1.82) is 0 Å². The highest BCUT2D eigenvalue weighted by Crippen LogP contribution is 2.23. The van der Waals surface area contributed by atoms with Crippen LogP contribution in [0.25, 0.3) is 10.8 Å². The van der Waals surface area contributed by atoms with Crippen LogP contribution in [0.3, 0.4) is 0 Å². The van der Waals surface area contributed by atoms with E-state index >= 15 is 0 Å². The van der Waals surface area contributed by atoms with Crippen molar-refractivity contribution < 1.29 is 4.42 Å². The molecule has 0 N–H and O–H groups in total. The van der Waals surface area contributed by atoms with E-state index < -0.39 is 0 Å². The molecule has 0 spiro atoms. The van der Waals surface area contributed by atoms with E-state index in [-0.39, 0.29) is 0 Å². The molecule has 0 amide bonds. The Balaban J connectivity index is 1.62. The molecule has 0 bridgehead atoms. The lowest BCUT2D eigenvalue weighted by Crippen LogP contribution is -2.17. The topological polar surface area (TPSA) is 42.2 Å². The second-order valence-corrected chi connectivity index (χ2v) is 6.16. The molecule has 1 aromatic carbocycles. The first-order valence-electron chi connectivity index (χ1n) is 6.50. The van der Waals surface area contributed by atoms with E-state index in [4.69, 9.17) is 16.0 Å². The Labute approximate surface area is 132 Å². The van der Waals surface area contributed by atoms with Crippen molar-refractivity contribution >= 4 is 22.9 Å². The Morgan fingerprint density at radius 1 is 1.14 bits per heavy atom. The van der Waals surface area contributed by atoms with E-state index in [9.17, 15) is 0 Å². The van der Waals surface area contributed by atoms with Crippen molar-refractivity contribution in [2.45, 2.75) is 13.1 Å². The molecule has 0 unspecified atom stereocenters. The number of halogens is 1. The number of hydrogen-bond donors (Lipinski definition) is 0. The molecule has 0 fully saturated rings. The second kappa shape index (κ2) is 6.39. The summed E-state index contributed by atoms with van der Waals surface area (Å²) in [6.45, 7) is 1.41. The van der Waals surface area contributed by atoms with Crippen molar-refractivity contribution in [3.63, 3.8) is 0 Å². The molecule has 0 atom stereocenters. The van der Waals surface area contributed by atoms with Crippen LogP contribution in [0.1, 0.15) is 11.5 Å². The van der Waals surface area contributed by atoms with Gasteiger partial charge in [0.25, 0.3) is 5.89 Å². The van der Waals surface area contributed by atoms with Gasteiger partial charge in [-0.2, -0.15) is 0 Å². The van der Waals surface area contributed by atoms with Gasteiger partial charge in [-0.25, -0.2) is 0 Å². The number of nitrogens with zero attached hydrogens (tertiary/aromatic N) is 3. The summed E-state index contributed by atoms with van der Waals surface area (Å²) in [4.78, 5) is 3.11. The Hall–Kier alpha value is -1.69. The zero-order valence-corrected chi connectivity index (χ0v) is 13.1. The minimum Gasteiger partial charge on any atom is -0.419 e. The van der Waals surface area contributed by atoms with Crippen LogP contribution >= 0.6 is 22.9 Å². The summed E-state index contributed by atoms with van der Waals surface area (Å²) in [6, 6.07) is 11.8. The highest BCUT2D eigenvalue weighted by Gasteiger charge is 2.11. The molecular formula is C15H14ClN3OS. The molecule has 3 rings (SSSR count). The van der Waals surface area contributed by atoms with Crippen LogP contribution in [0.4, 0.5) is 0 Å². The van der Waals surface area contributed by atoms with Crippen LogP contribution in [0.2, 0.25) is 5.02 Å². The van der Waals surface area contributed by atoms with Gasteiger partial charge in [-0.1, -0.05) is 29.8 Å². The van der Waals surface area contributed by atoms with E-state index in [0.717, 1.165) is 16.4 Å². The fourth-order valence-electron chi connectivity index (χ4n) is 2.01. The van der Waals surface area contributed by atoms with Crippen LogP contribution < -0.4 is 0 Å². The molecule has 0 aliphatic carbocycles. The average molecular weight is 320 g/mol. The van der Waals surface area contributed by atoms with Crippen molar-refractivity contribution in [3.8, 4) is 10.8 Å². The lowest BCUT2D eigenvalue weighted by atomic mass is 10.2. The zero-order valence-electron chi connectivity index (χ0n) is 11.5. The number of hydrogen-bond acceptors (Lipinski definition) is 5. The Morgan fingerprint density at radius 3 is 2.67 bits per heavy atom. The molecule has 108 valence electrons. The van der Waals surface area contributed by atoms with Crippen molar-refractivity contribution in [2.24, 2.45) is 0 Å². The van der Waals surface area contributed by atoms with Crippen LogP contribution in [-0.4, -0.2) is 22.1 Å². The maximum atomic E-state index is 5.88. The third-order valence-corrected chi connectivity index (χ3v) is 4.08. The van der Waals surface area contributed by atoms with Crippen LogP contribution in [0.5, 0.6) is 0 Å². The number of thiophene rings is 1. The SMILES string of the molecule is CN(Cc1ccc(Cl)cc1)Cc1nnc(-c2cccs2)o1. The highest BCUT2D eigenvalue weighted by molar-refractivity contribution is 7.13. The predicted octanol–water partition coefficient (Wildman–Crippen LogP) is 4.08. The number of rotatable bonds is 5. The van der Waals surface area contributed by atoms with Gasteiger partial charge < -0.3 is 4.42 Å². The monoisotopic (exact) mass is 319 g/mol. The first kappa shape index (κ1) is 14.3. The molecule has 0 saturated carbocycles. The molecule has 2 aromatic heterocycles. The fourth-order valence-corrected chi connectivity index (χ4v) is 2.78. The Kier molecular flexibility index (Phi) is 4.34. The van der Waals surface area contributed by atoms with Gasteiger partial charge in [0.15, 0.2) is 0 Å². The van der Waals surface area contributed by atoms with Gasteiger partial charge in [-0.15, -0.1) is 21.5 Å². The summed E-state index contributed by atoms with van der Waals surface area (Å²) < 4.78 is 5.68. The highest BCUT2D eigenvalue weighted by atomic mass is 35.5. The van der Waals surface area contributed by atoms with Gasteiger partial charge in [-0.05, 0) is 36.2 Å². The zero-order chi connectivity index (χ0) is 14.7.